The smallest absolute Gasteiger partial charge is 0.179 e. The van der Waals surface area contributed by atoms with E-state index in [4.69, 9.17) is 16.3 Å². The molecule has 0 N–H and O–H groups in total. The molecule has 0 spiro atoms. The third-order valence-electron chi connectivity index (χ3n) is 3.00. The van der Waals surface area contributed by atoms with Gasteiger partial charge in [-0.2, -0.15) is 0 Å². The first kappa shape index (κ1) is 15.7. The quantitative estimate of drug-likeness (QED) is 0.789. The van der Waals surface area contributed by atoms with Gasteiger partial charge in [0.1, 0.15) is 5.75 Å². The van der Waals surface area contributed by atoms with Crippen LogP contribution in [0.2, 0.25) is 5.02 Å². The van der Waals surface area contributed by atoms with Crippen LogP contribution in [-0.4, -0.2) is 22.9 Å². The largest absolute Gasteiger partial charge is 0.496 e. The van der Waals surface area contributed by atoms with E-state index < -0.39 is 10.8 Å². The van der Waals surface area contributed by atoms with Gasteiger partial charge in [0.25, 0.3) is 0 Å². The average Bonchev–Trinajstić information content (AvgIpc) is 2.47. The molecule has 2 rings (SSSR count). The van der Waals surface area contributed by atoms with Gasteiger partial charge < -0.3 is 4.74 Å². The van der Waals surface area contributed by atoms with Crippen LogP contribution in [0.15, 0.2) is 47.4 Å². The molecule has 0 aliphatic rings. The second-order valence-electron chi connectivity index (χ2n) is 4.57. The van der Waals surface area contributed by atoms with E-state index in [0.29, 0.717) is 21.2 Å². The van der Waals surface area contributed by atoms with Gasteiger partial charge in [-0.15, -0.1) is 0 Å². The summed E-state index contributed by atoms with van der Waals surface area (Å²) in [7, 11) is 0.114. The van der Waals surface area contributed by atoms with Crippen LogP contribution in [0, 0.1) is 6.92 Å². The molecule has 0 bridgehead atoms. The Morgan fingerprint density at radius 2 is 1.86 bits per heavy atom. The van der Waals surface area contributed by atoms with Gasteiger partial charge in [0.15, 0.2) is 5.78 Å². The molecule has 0 aromatic heterocycles. The van der Waals surface area contributed by atoms with Crippen LogP contribution >= 0.6 is 11.6 Å². The molecule has 3 nitrogen and oxygen atoms in total. The molecule has 21 heavy (non-hydrogen) atoms. The van der Waals surface area contributed by atoms with Crippen molar-refractivity contribution in [3.63, 3.8) is 0 Å². The van der Waals surface area contributed by atoms with Crippen LogP contribution in [0.25, 0.3) is 0 Å². The van der Waals surface area contributed by atoms with Crippen molar-refractivity contribution in [2.45, 2.75) is 11.8 Å². The first-order valence-corrected chi connectivity index (χ1v) is 8.02. The number of rotatable bonds is 5. The van der Waals surface area contributed by atoms with Crippen molar-refractivity contribution in [1.82, 2.24) is 0 Å². The molecular formula is C16H15ClO3S. The molecule has 2 aromatic rings. The number of benzene rings is 2. The summed E-state index contributed by atoms with van der Waals surface area (Å²) in [4.78, 5) is 12.9. The highest BCUT2D eigenvalue weighted by atomic mass is 35.5. The normalized spacial score (nSPS) is 12.0. The fourth-order valence-electron chi connectivity index (χ4n) is 1.90. The average molecular weight is 323 g/mol. The number of hydrogen-bond acceptors (Lipinski definition) is 3. The second kappa shape index (κ2) is 6.87. The Morgan fingerprint density at radius 3 is 2.48 bits per heavy atom. The van der Waals surface area contributed by atoms with Gasteiger partial charge in [-0.1, -0.05) is 17.7 Å². The molecule has 5 heteroatoms. The number of halogens is 1. The molecule has 0 radical (unpaired) electrons. The number of aryl methyl sites for hydroxylation is 1. The van der Waals surface area contributed by atoms with Gasteiger partial charge in [0.05, 0.1) is 29.2 Å². The Kier molecular flexibility index (Phi) is 5.15. The number of ether oxygens (including phenoxy) is 1. The topological polar surface area (TPSA) is 43.4 Å². The monoisotopic (exact) mass is 322 g/mol. The van der Waals surface area contributed by atoms with Crippen LogP contribution in [0.1, 0.15) is 15.9 Å². The molecule has 0 heterocycles. The van der Waals surface area contributed by atoms with Crippen molar-refractivity contribution in [1.29, 1.82) is 0 Å². The zero-order valence-corrected chi connectivity index (χ0v) is 13.3. The highest BCUT2D eigenvalue weighted by molar-refractivity contribution is 7.85. The molecule has 0 saturated carbocycles. The first-order valence-electron chi connectivity index (χ1n) is 6.33. The van der Waals surface area contributed by atoms with Crippen LogP contribution in [0.3, 0.4) is 0 Å². The number of Topliss-reactive ketones (excluding diaryl/α,β-unsaturated/α-hetero) is 1. The molecule has 0 fully saturated rings. The Morgan fingerprint density at radius 1 is 1.19 bits per heavy atom. The highest BCUT2D eigenvalue weighted by Crippen LogP contribution is 2.21. The van der Waals surface area contributed by atoms with Crippen LogP contribution in [0.5, 0.6) is 5.75 Å². The minimum atomic E-state index is -1.40. The minimum Gasteiger partial charge on any atom is -0.496 e. The summed E-state index contributed by atoms with van der Waals surface area (Å²) < 4.78 is 17.4. The first-order chi connectivity index (χ1) is 10.0. The second-order valence-corrected chi connectivity index (χ2v) is 6.46. The van der Waals surface area contributed by atoms with E-state index in [1.54, 1.807) is 36.4 Å². The number of carbonyl (C=O) groups excluding carboxylic acids is 1. The zero-order chi connectivity index (χ0) is 15.4. The molecule has 0 aliphatic heterocycles. The molecular weight excluding hydrogens is 308 g/mol. The fourth-order valence-corrected chi connectivity index (χ4v) is 3.02. The number of carbonyl (C=O) groups is 1. The van der Waals surface area contributed by atoms with Crippen molar-refractivity contribution in [2.24, 2.45) is 0 Å². The van der Waals surface area contributed by atoms with Crippen LogP contribution < -0.4 is 4.74 Å². The summed E-state index contributed by atoms with van der Waals surface area (Å²) >= 11 is 5.79. The molecule has 0 amide bonds. The Balaban J connectivity index is 2.18. The third kappa shape index (κ3) is 3.93. The molecule has 1 atom stereocenters. The van der Waals surface area contributed by atoms with E-state index in [-0.39, 0.29) is 11.5 Å². The SMILES string of the molecule is COc1cc(C)ccc1C(=O)CS(=O)c1ccc(Cl)cc1. The molecule has 2 aromatic carbocycles. The van der Waals surface area contributed by atoms with Gasteiger partial charge in [-0.05, 0) is 48.9 Å². The lowest BCUT2D eigenvalue weighted by Gasteiger charge is -2.08. The maximum Gasteiger partial charge on any atom is 0.179 e. The van der Waals surface area contributed by atoms with E-state index in [1.165, 1.54) is 7.11 Å². The summed E-state index contributed by atoms with van der Waals surface area (Å²) in [5.41, 5.74) is 1.45. The lowest BCUT2D eigenvalue weighted by molar-refractivity contribution is 0.101. The Hall–Kier alpha value is -1.65. The predicted molar refractivity (Wildman–Crippen MR) is 84.8 cm³/mol. The lowest BCUT2D eigenvalue weighted by atomic mass is 10.1. The number of methoxy groups -OCH3 is 1. The van der Waals surface area contributed by atoms with Gasteiger partial charge in [-0.3, -0.25) is 9.00 Å². The van der Waals surface area contributed by atoms with E-state index >= 15 is 0 Å². The van der Waals surface area contributed by atoms with Gasteiger partial charge in [0, 0.05) is 9.92 Å². The van der Waals surface area contributed by atoms with E-state index in [0.717, 1.165) is 5.56 Å². The van der Waals surface area contributed by atoms with Crippen molar-refractivity contribution in [3.05, 3.63) is 58.6 Å². The molecule has 110 valence electrons. The Bertz CT molecular complexity index is 680. The minimum absolute atomic E-state index is 0.0823. The van der Waals surface area contributed by atoms with Crippen molar-refractivity contribution in [3.8, 4) is 5.75 Å². The summed E-state index contributed by atoms with van der Waals surface area (Å²) in [6, 6.07) is 12.0. The van der Waals surface area contributed by atoms with Gasteiger partial charge in [0.2, 0.25) is 0 Å². The van der Waals surface area contributed by atoms with E-state index in [2.05, 4.69) is 0 Å². The summed E-state index contributed by atoms with van der Waals surface area (Å²) in [6.45, 7) is 1.92. The molecule has 0 saturated heterocycles. The van der Waals surface area contributed by atoms with Crippen molar-refractivity contribution >= 4 is 28.2 Å². The predicted octanol–water partition coefficient (Wildman–Crippen LogP) is 3.65. The van der Waals surface area contributed by atoms with Crippen molar-refractivity contribution < 1.29 is 13.7 Å². The van der Waals surface area contributed by atoms with Gasteiger partial charge >= 0.3 is 0 Å². The summed E-state index contributed by atoms with van der Waals surface area (Å²) in [6.07, 6.45) is 0. The highest BCUT2D eigenvalue weighted by Gasteiger charge is 2.16. The number of ketones is 1. The zero-order valence-electron chi connectivity index (χ0n) is 11.8. The standard InChI is InChI=1S/C16H15ClO3S/c1-11-3-8-14(16(9-11)20-2)15(18)10-21(19)13-6-4-12(17)5-7-13/h3-9H,10H2,1-2H3. The maximum atomic E-state index is 12.3. The summed E-state index contributed by atoms with van der Waals surface area (Å²) in [5.74, 6) is 0.217. The number of hydrogen-bond donors (Lipinski definition) is 0. The summed E-state index contributed by atoms with van der Waals surface area (Å²) in [5, 5.41) is 0.572. The fraction of sp³-hybridized carbons (Fsp3) is 0.188. The van der Waals surface area contributed by atoms with Gasteiger partial charge in [-0.25, -0.2) is 0 Å². The third-order valence-corrected chi connectivity index (χ3v) is 4.57. The molecule has 1 unspecified atom stereocenters. The maximum absolute atomic E-state index is 12.3. The lowest BCUT2D eigenvalue weighted by Crippen LogP contribution is -2.12. The van der Waals surface area contributed by atoms with Crippen molar-refractivity contribution in [2.75, 3.05) is 12.9 Å². The van der Waals surface area contributed by atoms with Crippen LogP contribution in [0.4, 0.5) is 0 Å². The molecule has 0 aliphatic carbocycles. The Labute approximate surface area is 131 Å². The van der Waals surface area contributed by atoms with E-state index in [9.17, 15) is 9.00 Å². The van der Waals surface area contributed by atoms with E-state index in [1.807, 2.05) is 13.0 Å². The van der Waals surface area contributed by atoms with Crippen LogP contribution in [-0.2, 0) is 10.8 Å².